The van der Waals surface area contributed by atoms with Gasteiger partial charge in [-0.25, -0.2) is 0 Å². The number of fused-ring (bicyclic) bond motifs is 26. The Labute approximate surface area is 852 Å². The van der Waals surface area contributed by atoms with Crippen LogP contribution in [0.5, 0.6) is 46.0 Å². The summed E-state index contributed by atoms with van der Waals surface area (Å²) in [5.74, 6) is 6.77. The van der Waals surface area contributed by atoms with Crippen LogP contribution in [0.4, 0.5) is 68.2 Å². The molecule has 0 atom stereocenters. The Balaban J connectivity index is 0.000000144. The third-order valence-electron chi connectivity index (χ3n) is 31.8. The lowest BCUT2D eigenvalue weighted by Gasteiger charge is -2.36. The molecule has 686 valence electrons. The molecular weight excluding hydrogens is 1850 g/mol. The highest BCUT2D eigenvalue weighted by atomic mass is 32.1. The second-order valence-electron chi connectivity index (χ2n) is 39.8. The molecule has 0 unspecified atom stereocenters. The maximum atomic E-state index is 7.06. The van der Waals surface area contributed by atoms with Crippen LogP contribution < -0.4 is 80.0 Å². The van der Waals surface area contributed by atoms with Crippen molar-refractivity contribution in [1.82, 2.24) is 0 Å². The van der Waals surface area contributed by atoms with Crippen molar-refractivity contribution in [3.63, 3.8) is 0 Å². The van der Waals surface area contributed by atoms with Crippen LogP contribution in [0.3, 0.4) is 0 Å². The Bertz CT molecular complexity index is 9450. The van der Waals surface area contributed by atoms with Gasteiger partial charge in [0, 0.05) is 62.5 Å². The molecule has 8 nitrogen and oxygen atoms in total. The standard InChI is InChI=1S/C82H58N2O2Si2.C52H28N2O2S2/c1-51-25-35-57(36-26-51)87(58-37-27-52(2)28-38-58)79-23-13-7-17-65(79)69-47-77-73(49-81(69)87)83(71-19-9-11-21-75(71)85-77)55-33-43-63-64-44-34-56(46-68(64)62-16-6-5-15-61(62)67(63)45-55)84-72-20-10-12-22-76(72)86-78-48-70-66-18-8-14-24-80(66)88(82(70)50-74(78)84,59-39-29-53(3)30-40-59)60-41-31-54(4)32-42-60;1-7-15-47-31(9-1)35-25-45-41(27-49(35)57-47)53(39-11-3-5-13-43(39)55-45)37-23-19-29-18-22-34-38(24-20-30-17-21-33(37)51(29)52(30)34)54-40-12-4-6-14-44(40)56-46-26-36-32-10-2-8-16-48(32)58-50(36)28-42(46)54/h5-50H,1-4H3;1-28H. The zero-order valence-electron chi connectivity index (χ0n) is 80.0. The lowest BCUT2D eigenvalue weighted by Crippen LogP contribution is -2.72. The van der Waals surface area contributed by atoms with Crippen LogP contribution in [0.25, 0.3) is 127 Å². The van der Waals surface area contributed by atoms with Crippen molar-refractivity contribution < 1.29 is 18.9 Å². The number of aryl methyl sites for hydroxylation is 4. The largest absolute Gasteiger partial charge is 0.453 e. The maximum absolute atomic E-state index is 7.06. The van der Waals surface area contributed by atoms with Crippen LogP contribution in [0.2, 0.25) is 0 Å². The lowest BCUT2D eigenvalue weighted by atomic mass is 9.91. The number of anilines is 12. The van der Waals surface area contributed by atoms with E-state index in [0.717, 1.165) is 114 Å². The second-order valence-corrected chi connectivity index (χ2v) is 49.5. The topological polar surface area (TPSA) is 49.9 Å². The third-order valence-corrected chi connectivity index (χ3v) is 43.8. The first-order chi connectivity index (χ1) is 72.0. The second kappa shape index (κ2) is 31.4. The summed E-state index contributed by atoms with van der Waals surface area (Å²) in [5, 5.41) is 30.6. The van der Waals surface area contributed by atoms with Gasteiger partial charge in [0.2, 0.25) is 0 Å². The summed E-state index contributed by atoms with van der Waals surface area (Å²) >= 11 is 3.67. The van der Waals surface area contributed by atoms with Crippen LogP contribution in [-0.2, 0) is 0 Å². The summed E-state index contributed by atoms with van der Waals surface area (Å²) in [6.07, 6.45) is 0. The SMILES string of the molecule is Cc1ccc([Si]2(c3ccc(C)cc3)c3ccccc3-c3cc4c(cc32)N(c2ccc3c5ccc(N6c7ccccc7Oc7cc8c(cc76)[Si](c6ccc(C)cc6)(c6ccc(C)cc6)c6ccccc6-8)cc5c5ccccc5c3c2)c2ccccc2O4)cc1.c1ccc2c(c1)Oc1cc3c(cc1N2c1ccc2ccc4c(N5c6ccccc6Oc6cc7c(cc65)sc5ccccc57)ccc5ccc1c2c54)sc1ccccc13. The molecule has 6 aliphatic heterocycles. The van der Waals surface area contributed by atoms with Crippen molar-refractivity contribution in [1.29, 1.82) is 0 Å². The van der Waals surface area contributed by atoms with Crippen molar-refractivity contribution in [2.45, 2.75) is 27.7 Å². The average Bonchev–Trinajstić information content (AvgIpc) is 1.52. The smallest absolute Gasteiger partial charge is 0.180 e. The average molecular weight is 1940 g/mol. The Hall–Kier alpha value is -17.6. The zero-order chi connectivity index (χ0) is 96.2. The van der Waals surface area contributed by atoms with Crippen molar-refractivity contribution in [3.05, 3.63) is 471 Å². The minimum atomic E-state index is -2.87. The molecule has 0 spiro atoms. The van der Waals surface area contributed by atoms with E-state index in [4.69, 9.17) is 18.9 Å². The first-order valence-corrected chi connectivity index (χ1v) is 55.7. The molecule has 0 amide bonds. The van der Waals surface area contributed by atoms with Gasteiger partial charge in [-0.3, -0.25) is 0 Å². The molecule has 0 bridgehead atoms. The Kier molecular flexibility index (Phi) is 17.9. The van der Waals surface area contributed by atoms with Gasteiger partial charge in [-0.05, 0) is 291 Å². The number of benzene rings is 24. The summed E-state index contributed by atoms with van der Waals surface area (Å²) in [6.45, 7) is 8.75. The molecule has 0 fully saturated rings. The summed E-state index contributed by atoms with van der Waals surface area (Å²) in [6, 6.07) is 167. The minimum Gasteiger partial charge on any atom is -0.453 e. The molecule has 0 N–H and O–H groups in total. The quantitative estimate of drug-likeness (QED) is 0.110. The van der Waals surface area contributed by atoms with Crippen LogP contribution in [-0.4, -0.2) is 16.1 Å². The van der Waals surface area contributed by atoms with Crippen molar-refractivity contribution >= 4 is 254 Å². The molecule has 8 heterocycles. The van der Waals surface area contributed by atoms with Crippen LogP contribution in [0.1, 0.15) is 22.3 Å². The number of hydrogen-bond acceptors (Lipinski definition) is 10. The number of thiophene rings is 2. The van der Waals surface area contributed by atoms with E-state index in [0.29, 0.717) is 0 Å². The minimum absolute atomic E-state index is 0.830. The monoisotopic (exact) mass is 1930 g/mol. The van der Waals surface area contributed by atoms with Gasteiger partial charge in [0.1, 0.15) is 0 Å². The van der Waals surface area contributed by atoms with Gasteiger partial charge in [-0.2, -0.15) is 0 Å². The van der Waals surface area contributed by atoms with Gasteiger partial charge < -0.3 is 38.5 Å². The summed E-state index contributed by atoms with van der Waals surface area (Å²) in [7, 11) is -5.74. The van der Waals surface area contributed by atoms with Gasteiger partial charge in [0.25, 0.3) is 0 Å². The van der Waals surface area contributed by atoms with E-state index in [1.165, 1.54) is 191 Å². The number of para-hydroxylation sites is 8. The number of hydrogen-bond donors (Lipinski definition) is 0. The molecule has 2 aromatic heterocycles. The molecular formula is C134H86N4O4S2Si2. The van der Waals surface area contributed by atoms with Gasteiger partial charge >= 0.3 is 0 Å². The van der Waals surface area contributed by atoms with Crippen LogP contribution >= 0.6 is 22.7 Å². The van der Waals surface area contributed by atoms with Crippen molar-refractivity contribution in [2.75, 3.05) is 19.6 Å². The first kappa shape index (κ1) is 83.0. The molecule has 146 heavy (non-hydrogen) atoms. The van der Waals surface area contributed by atoms with E-state index < -0.39 is 16.1 Å². The molecule has 26 aromatic rings. The van der Waals surface area contributed by atoms with Gasteiger partial charge in [-0.1, -0.05) is 326 Å². The molecule has 0 aliphatic carbocycles. The molecule has 24 aromatic carbocycles. The number of ether oxygens (including phenoxy) is 4. The Morgan fingerprint density at radius 1 is 0.178 bits per heavy atom. The van der Waals surface area contributed by atoms with E-state index in [9.17, 15) is 0 Å². The third kappa shape index (κ3) is 12.0. The summed E-state index contributed by atoms with van der Waals surface area (Å²) < 4.78 is 32.6. The lowest BCUT2D eigenvalue weighted by molar-refractivity contribution is 0.477. The predicted octanol–water partition coefficient (Wildman–Crippen LogP) is 32.7. The molecule has 0 saturated heterocycles. The highest BCUT2D eigenvalue weighted by Gasteiger charge is 2.52. The van der Waals surface area contributed by atoms with E-state index in [1.807, 2.05) is 22.7 Å². The predicted molar refractivity (Wildman–Crippen MR) is 618 cm³/mol. The number of nitrogens with zero attached hydrogens (tertiary/aromatic N) is 4. The van der Waals surface area contributed by atoms with Gasteiger partial charge in [0.05, 0.1) is 56.9 Å². The van der Waals surface area contributed by atoms with Gasteiger partial charge in [0.15, 0.2) is 62.1 Å². The van der Waals surface area contributed by atoms with Crippen molar-refractivity contribution in [2.24, 2.45) is 0 Å². The fraction of sp³-hybridized carbons (Fsp3) is 0.0299. The molecule has 6 aliphatic rings. The Morgan fingerprint density at radius 3 is 0.863 bits per heavy atom. The summed E-state index contributed by atoms with van der Waals surface area (Å²) in [5.41, 5.74) is 22.7. The molecule has 0 radical (unpaired) electrons. The summed E-state index contributed by atoms with van der Waals surface area (Å²) in [4.78, 5) is 9.74. The molecule has 12 heteroatoms. The van der Waals surface area contributed by atoms with Crippen molar-refractivity contribution in [3.8, 4) is 68.2 Å². The normalized spacial score (nSPS) is 13.9. The molecule has 0 saturated carbocycles. The zero-order valence-corrected chi connectivity index (χ0v) is 83.6. The Morgan fingerprint density at radius 2 is 0.479 bits per heavy atom. The first-order valence-electron chi connectivity index (χ1n) is 50.1. The maximum Gasteiger partial charge on any atom is 0.180 e. The van der Waals surface area contributed by atoms with Crippen LogP contribution in [0, 0.1) is 27.7 Å². The highest BCUT2D eigenvalue weighted by molar-refractivity contribution is 7.26. The number of rotatable bonds is 8. The van der Waals surface area contributed by atoms with E-state index in [-0.39, 0.29) is 0 Å². The van der Waals surface area contributed by atoms with E-state index in [2.05, 4.69) is 496 Å². The fourth-order valence-electron chi connectivity index (χ4n) is 25.2. The van der Waals surface area contributed by atoms with E-state index in [1.54, 1.807) is 0 Å². The molecule has 32 rings (SSSR count). The fourth-order valence-corrected chi connectivity index (χ4v) is 37.7. The van der Waals surface area contributed by atoms with Gasteiger partial charge in [-0.15, -0.1) is 22.7 Å². The van der Waals surface area contributed by atoms with E-state index >= 15 is 0 Å². The highest BCUT2D eigenvalue weighted by Crippen LogP contribution is 2.61. The van der Waals surface area contributed by atoms with Crippen LogP contribution in [0.15, 0.2) is 449 Å².